The first-order valence-electron chi connectivity index (χ1n) is 3.84. The predicted octanol–water partition coefficient (Wildman–Crippen LogP) is 1.07. The first-order valence-corrected chi connectivity index (χ1v) is 3.84. The smallest absolute Gasteiger partial charge is 0.105 e. The largest absolute Gasteiger partial charge is 0.396 e. The molecule has 0 spiro atoms. The van der Waals surface area contributed by atoms with E-state index >= 15 is 0 Å². The van der Waals surface area contributed by atoms with Crippen molar-refractivity contribution in [1.29, 1.82) is 0 Å². The van der Waals surface area contributed by atoms with Crippen molar-refractivity contribution in [2.45, 2.75) is 13.0 Å². The maximum atomic E-state index is 8.90. The quantitative estimate of drug-likeness (QED) is 0.429. The molecule has 0 aromatic carbocycles. The van der Waals surface area contributed by atoms with E-state index < -0.39 is 6.04 Å². The van der Waals surface area contributed by atoms with Crippen molar-refractivity contribution >= 4 is 0 Å². The van der Waals surface area contributed by atoms with Crippen molar-refractivity contribution in [1.82, 2.24) is 9.78 Å². The van der Waals surface area contributed by atoms with E-state index in [4.69, 9.17) is 10.6 Å². The van der Waals surface area contributed by atoms with E-state index in [0.717, 1.165) is 5.69 Å². The molecule has 1 atom stereocenters. The fraction of sp³-hybridized carbons (Fsp3) is 0.571. The van der Waals surface area contributed by atoms with E-state index in [9.17, 15) is 0 Å². The van der Waals surface area contributed by atoms with E-state index in [1.165, 1.54) is 0 Å². The molecular weight excluding hydrogens is 170 g/mol. The summed E-state index contributed by atoms with van der Waals surface area (Å²) < 4.78 is 1.67. The van der Waals surface area contributed by atoms with E-state index in [1.807, 2.05) is 6.92 Å². The fourth-order valence-corrected chi connectivity index (χ4v) is 1.00. The van der Waals surface area contributed by atoms with Crippen LogP contribution in [0.1, 0.15) is 17.4 Å². The van der Waals surface area contributed by atoms with Crippen LogP contribution >= 0.6 is 0 Å². The number of azide groups is 1. The third-order valence-corrected chi connectivity index (χ3v) is 1.84. The second-order valence-corrected chi connectivity index (χ2v) is 2.74. The van der Waals surface area contributed by atoms with Crippen LogP contribution in [0.15, 0.2) is 11.2 Å². The van der Waals surface area contributed by atoms with Gasteiger partial charge in [0.15, 0.2) is 0 Å². The summed E-state index contributed by atoms with van der Waals surface area (Å²) in [6.07, 6.45) is 0. The summed E-state index contributed by atoms with van der Waals surface area (Å²) in [6, 6.07) is 1.21. The molecule has 13 heavy (non-hydrogen) atoms. The molecule has 1 aromatic rings. The number of hydrogen-bond donors (Lipinski definition) is 1. The Morgan fingerprint density at radius 2 is 2.54 bits per heavy atom. The van der Waals surface area contributed by atoms with Crippen molar-refractivity contribution < 1.29 is 5.11 Å². The highest BCUT2D eigenvalue weighted by molar-refractivity contribution is 5.12. The Labute approximate surface area is 75.4 Å². The molecule has 1 N–H and O–H groups in total. The van der Waals surface area contributed by atoms with Crippen LogP contribution in [0.4, 0.5) is 0 Å². The van der Waals surface area contributed by atoms with Gasteiger partial charge in [-0.1, -0.05) is 5.11 Å². The van der Waals surface area contributed by atoms with Crippen LogP contribution in [0.5, 0.6) is 0 Å². The van der Waals surface area contributed by atoms with E-state index in [2.05, 4.69) is 15.1 Å². The van der Waals surface area contributed by atoms with Crippen molar-refractivity contribution in [3.63, 3.8) is 0 Å². The number of rotatable bonds is 3. The summed E-state index contributed by atoms with van der Waals surface area (Å²) in [7, 11) is 1.79. The molecule has 0 saturated heterocycles. The van der Waals surface area contributed by atoms with Gasteiger partial charge in [0.1, 0.15) is 6.04 Å². The van der Waals surface area contributed by atoms with Gasteiger partial charge >= 0.3 is 0 Å². The molecule has 0 radical (unpaired) electrons. The maximum absolute atomic E-state index is 8.90. The van der Waals surface area contributed by atoms with Crippen LogP contribution in [0.25, 0.3) is 10.4 Å². The topological polar surface area (TPSA) is 86.8 Å². The van der Waals surface area contributed by atoms with E-state index in [1.54, 1.807) is 17.8 Å². The zero-order valence-corrected chi connectivity index (χ0v) is 7.55. The number of hydrogen-bond acceptors (Lipinski definition) is 3. The third-order valence-electron chi connectivity index (χ3n) is 1.84. The standard InChI is InChI=1S/C7H11N5O/c1-5-3-6(10-12(5)2)7(4-13)9-11-8/h3,7,13H,4H2,1-2H3. The lowest BCUT2D eigenvalue weighted by atomic mass is 10.2. The second kappa shape index (κ2) is 3.93. The number of aliphatic hydroxyl groups excluding tert-OH is 1. The van der Waals surface area contributed by atoms with Gasteiger partial charge < -0.3 is 5.11 Å². The average Bonchev–Trinajstić information content (AvgIpc) is 2.43. The van der Waals surface area contributed by atoms with Gasteiger partial charge in [0.05, 0.1) is 12.3 Å². The molecule has 6 heteroatoms. The van der Waals surface area contributed by atoms with Crippen LogP contribution < -0.4 is 0 Å². The highest BCUT2D eigenvalue weighted by Gasteiger charge is 2.12. The van der Waals surface area contributed by atoms with Gasteiger partial charge in [-0.15, -0.1) is 0 Å². The summed E-state index contributed by atoms with van der Waals surface area (Å²) in [5.41, 5.74) is 9.78. The summed E-state index contributed by atoms with van der Waals surface area (Å²) in [6.45, 7) is 1.67. The molecule has 0 saturated carbocycles. The van der Waals surface area contributed by atoms with E-state index in [0.29, 0.717) is 5.69 Å². The molecule has 0 aliphatic rings. The molecule has 0 fully saturated rings. The Morgan fingerprint density at radius 3 is 2.92 bits per heavy atom. The Hall–Kier alpha value is -1.52. The molecule has 6 nitrogen and oxygen atoms in total. The number of nitrogens with zero attached hydrogens (tertiary/aromatic N) is 5. The van der Waals surface area contributed by atoms with Crippen molar-refractivity contribution in [3.05, 3.63) is 27.9 Å². The van der Waals surface area contributed by atoms with Gasteiger partial charge in [-0.2, -0.15) is 5.10 Å². The predicted molar refractivity (Wildman–Crippen MR) is 46.9 cm³/mol. The Morgan fingerprint density at radius 1 is 1.85 bits per heavy atom. The number of aryl methyl sites for hydroxylation is 2. The maximum Gasteiger partial charge on any atom is 0.105 e. The van der Waals surface area contributed by atoms with Gasteiger partial charge in [0.2, 0.25) is 0 Å². The van der Waals surface area contributed by atoms with Gasteiger partial charge in [0, 0.05) is 17.7 Å². The van der Waals surface area contributed by atoms with Crippen LogP contribution in [0, 0.1) is 6.92 Å². The lowest BCUT2D eigenvalue weighted by Crippen LogP contribution is -2.02. The van der Waals surface area contributed by atoms with Crippen LogP contribution in [-0.4, -0.2) is 21.5 Å². The van der Waals surface area contributed by atoms with Crippen molar-refractivity contribution in [2.75, 3.05) is 6.61 Å². The first kappa shape index (κ1) is 9.57. The second-order valence-electron chi connectivity index (χ2n) is 2.74. The minimum atomic E-state index is -0.579. The Kier molecular flexibility index (Phi) is 2.89. The van der Waals surface area contributed by atoms with Crippen LogP contribution in [0.2, 0.25) is 0 Å². The molecule has 70 valence electrons. The normalized spacial score (nSPS) is 12.2. The van der Waals surface area contributed by atoms with Gasteiger partial charge in [-0.3, -0.25) is 4.68 Å². The van der Waals surface area contributed by atoms with Crippen molar-refractivity contribution in [2.24, 2.45) is 12.2 Å². The lowest BCUT2D eigenvalue weighted by Gasteiger charge is -2.01. The Bertz CT molecular complexity index is 319. The third kappa shape index (κ3) is 1.99. The highest BCUT2D eigenvalue weighted by Crippen LogP contribution is 2.15. The number of aliphatic hydroxyl groups is 1. The average molecular weight is 181 g/mol. The fourth-order valence-electron chi connectivity index (χ4n) is 1.00. The van der Waals surface area contributed by atoms with Gasteiger partial charge in [-0.05, 0) is 18.5 Å². The number of aromatic nitrogens is 2. The molecular formula is C7H11N5O. The summed E-state index contributed by atoms with van der Waals surface area (Å²) >= 11 is 0. The first-order chi connectivity index (χ1) is 6.19. The lowest BCUT2D eigenvalue weighted by molar-refractivity contribution is 0.265. The zero-order chi connectivity index (χ0) is 9.84. The van der Waals surface area contributed by atoms with Crippen molar-refractivity contribution in [3.8, 4) is 0 Å². The monoisotopic (exact) mass is 181 g/mol. The molecule has 1 unspecified atom stereocenters. The molecule has 0 amide bonds. The van der Waals surface area contributed by atoms with Crippen LogP contribution in [0.3, 0.4) is 0 Å². The Balaban J connectivity index is 2.97. The molecule has 0 bridgehead atoms. The van der Waals surface area contributed by atoms with Gasteiger partial charge in [-0.25, -0.2) is 0 Å². The SMILES string of the molecule is Cc1cc(C(CO)N=[N+]=[N-])nn1C. The minimum Gasteiger partial charge on any atom is -0.396 e. The minimum absolute atomic E-state index is 0.222. The van der Waals surface area contributed by atoms with Gasteiger partial charge in [0.25, 0.3) is 0 Å². The summed E-state index contributed by atoms with van der Waals surface area (Å²) in [5, 5.41) is 16.4. The molecule has 1 heterocycles. The zero-order valence-electron chi connectivity index (χ0n) is 7.55. The molecule has 1 rings (SSSR count). The summed E-state index contributed by atoms with van der Waals surface area (Å²) in [5.74, 6) is 0. The van der Waals surface area contributed by atoms with E-state index in [-0.39, 0.29) is 6.61 Å². The molecule has 1 aromatic heterocycles. The van der Waals surface area contributed by atoms with Crippen LogP contribution in [-0.2, 0) is 7.05 Å². The molecule has 0 aliphatic heterocycles. The molecule has 0 aliphatic carbocycles. The summed E-state index contributed by atoms with van der Waals surface area (Å²) in [4.78, 5) is 2.64. The highest BCUT2D eigenvalue weighted by atomic mass is 16.3.